The third-order valence-corrected chi connectivity index (χ3v) is 5.30. The normalized spacial score (nSPS) is 21.1. The molecule has 0 aromatic carbocycles. The Bertz CT molecular complexity index is 524. The number of hydrogen-bond donors (Lipinski definition) is 1. The van der Waals surface area contributed by atoms with Crippen molar-refractivity contribution in [2.45, 2.75) is 58.0 Å². The van der Waals surface area contributed by atoms with E-state index in [-0.39, 0.29) is 12.2 Å². The van der Waals surface area contributed by atoms with E-state index in [1.807, 2.05) is 39.1 Å². The minimum Gasteiger partial charge on any atom is -0.399 e. The third-order valence-electron chi connectivity index (χ3n) is 4.31. The van der Waals surface area contributed by atoms with E-state index >= 15 is 0 Å². The van der Waals surface area contributed by atoms with E-state index in [0.29, 0.717) is 11.3 Å². The Morgan fingerprint density at radius 2 is 1.95 bits per heavy atom. The van der Waals surface area contributed by atoms with Crippen LogP contribution >= 0.6 is 11.3 Å². The lowest BCUT2D eigenvalue weighted by Gasteiger charge is -2.32. The van der Waals surface area contributed by atoms with Crippen LogP contribution in [0.4, 0.5) is 0 Å². The summed E-state index contributed by atoms with van der Waals surface area (Å²) in [6.45, 7) is 7.99. The zero-order chi connectivity index (χ0) is 16.5. The molecule has 1 unspecified atom stereocenters. The molecule has 1 fully saturated rings. The molecule has 1 aliphatic heterocycles. The molecule has 22 heavy (non-hydrogen) atoms. The number of hydrogen-bond acceptors (Lipinski definition) is 6. The van der Waals surface area contributed by atoms with Gasteiger partial charge in [-0.2, -0.15) is 0 Å². The van der Waals surface area contributed by atoms with Gasteiger partial charge >= 0.3 is 7.12 Å². The maximum absolute atomic E-state index is 12.1. The SMILES string of the molecule is COC(O)CCC(=O)c1cc(B2OC(C)(C)C(C)(C)O2)cs1. The van der Waals surface area contributed by atoms with Gasteiger partial charge in [0.05, 0.1) is 16.1 Å². The summed E-state index contributed by atoms with van der Waals surface area (Å²) < 4.78 is 16.7. The monoisotopic (exact) mass is 326 g/mol. The number of aliphatic hydroxyl groups is 1. The molecule has 1 aromatic heterocycles. The molecule has 0 saturated carbocycles. The van der Waals surface area contributed by atoms with Crippen LogP contribution in [0.5, 0.6) is 0 Å². The van der Waals surface area contributed by atoms with Gasteiger partial charge in [0.1, 0.15) is 0 Å². The average Bonchev–Trinajstić information content (AvgIpc) is 2.99. The fourth-order valence-electron chi connectivity index (χ4n) is 2.10. The molecule has 0 aliphatic carbocycles. The van der Waals surface area contributed by atoms with Crippen LogP contribution in [0.2, 0.25) is 0 Å². The summed E-state index contributed by atoms with van der Waals surface area (Å²) >= 11 is 1.37. The average molecular weight is 326 g/mol. The van der Waals surface area contributed by atoms with E-state index in [4.69, 9.17) is 14.0 Å². The largest absolute Gasteiger partial charge is 0.495 e. The number of carbonyl (C=O) groups is 1. The first-order valence-corrected chi connectivity index (χ1v) is 8.22. The highest BCUT2D eigenvalue weighted by atomic mass is 32.1. The number of rotatable bonds is 6. The summed E-state index contributed by atoms with van der Waals surface area (Å²) in [5, 5.41) is 11.2. The molecular formula is C15H23BO5S. The van der Waals surface area contributed by atoms with Gasteiger partial charge in [-0.05, 0) is 44.6 Å². The quantitative estimate of drug-likeness (QED) is 0.492. The Morgan fingerprint density at radius 3 is 2.50 bits per heavy atom. The molecule has 1 aliphatic rings. The molecule has 7 heteroatoms. The number of ether oxygens (including phenoxy) is 1. The Morgan fingerprint density at radius 1 is 1.36 bits per heavy atom. The summed E-state index contributed by atoms with van der Waals surface area (Å²) in [5.41, 5.74) is 0.0675. The highest BCUT2D eigenvalue weighted by molar-refractivity contribution is 7.13. The van der Waals surface area contributed by atoms with E-state index in [9.17, 15) is 9.90 Å². The Balaban J connectivity index is 2.02. The molecule has 2 rings (SSSR count). The Hall–Kier alpha value is -0.725. The van der Waals surface area contributed by atoms with Crippen molar-refractivity contribution < 1.29 is 23.9 Å². The van der Waals surface area contributed by atoms with Crippen LogP contribution in [0.3, 0.4) is 0 Å². The van der Waals surface area contributed by atoms with Crippen molar-refractivity contribution in [2.75, 3.05) is 7.11 Å². The van der Waals surface area contributed by atoms with Crippen LogP contribution in [-0.4, -0.2) is 42.6 Å². The van der Waals surface area contributed by atoms with Crippen molar-refractivity contribution in [3.05, 3.63) is 16.3 Å². The number of Topliss-reactive ketones (excluding diaryl/α,β-unsaturated/α-hetero) is 1. The van der Waals surface area contributed by atoms with Crippen LogP contribution in [0.15, 0.2) is 11.4 Å². The number of aliphatic hydroxyl groups excluding tert-OH is 1. The minimum atomic E-state index is -0.897. The Labute approximate surface area is 135 Å². The van der Waals surface area contributed by atoms with E-state index in [1.165, 1.54) is 18.4 Å². The molecule has 2 heterocycles. The van der Waals surface area contributed by atoms with Gasteiger partial charge in [0.25, 0.3) is 0 Å². The van der Waals surface area contributed by atoms with E-state index < -0.39 is 24.6 Å². The fourth-order valence-corrected chi connectivity index (χ4v) is 2.98. The van der Waals surface area contributed by atoms with Gasteiger partial charge < -0.3 is 19.2 Å². The molecular weight excluding hydrogens is 303 g/mol. The van der Waals surface area contributed by atoms with Crippen LogP contribution in [0.25, 0.3) is 0 Å². The minimum absolute atomic E-state index is 0.0103. The maximum Gasteiger partial charge on any atom is 0.495 e. The first kappa shape index (κ1) is 17.6. The standard InChI is InChI=1S/C15H23BO5S/c1-14(2)15(3,4)21-16(20-14)10-8-12(22-9-10)11(17)6-7-13(18)19-5/h8-9,13,18H,6-7H2,1-5H3. The van der Waals surface area contributed by atoms with Crippen molar-refractivity contribution in [1.82, 2.24) is 0 Å². The smallest absolute Gasteiger partial charge is 0.399 e. The lowest BCUT2D eigenvalue weighted by molar-refractivity contribution is -0.0777. The van der Waals surface area contributed by atoms with Crippen LogP contribution in [-0.2, 0) is 14.0 Å². The summed E-state index contributed by atoms with van der Waals surface area (Å²) in [4.78, 5) is 12.8. The summed E-state index contributed by atoms with van der Waals surface area (Å²) in [7, 11) is 0.962. The number of carbonyl (C=O) groups excluding carboxylic acids is 1. The highest BCUT2D eigenvalue weighted by Gasteiger charge is 2.51. The molecule has 0 amide bonds. The number of methoxy groups -OCH3 is 1. The molecule has 0 bridgehead atoms. The highest BCUT2D eigenvalue weighted by Crippen LogP contribution is 2.36. The topological polar surface area (TPSA) is 65.0 Å². The van der Waals surface area contributed by atoms with Crippen molar-refractivity contribution in [1.29, 1.82) is 0 Å². The van der Waals surface area contributed by atoms with Crippen LogP contribution in [0.1, 0.15) is 50.2 Å². The molecule has 122 valence electrons. The first-order chi connectivity index (χ1) is 10.2. The summed E-state index contributed by atoms with van der Waals surface area (Å²) in [6, 6.07) is 1.81. The van der Waals surface area contributed by atoms with Gasteiger partial charge in [0.15, 0.2) is 12.1 Å². The predicted molar refractivity (Wildman–Crippen MR) is 86.6 cm³/mol. The third kappa shape index (κ3) is 3.60. The van der Waals surface area contributed by atoms with Crippen molar-refractivity contribution in [3.8, 4) is 0 Å². The predicted octanol–water partition coefficient (Wildman–Crippen LogP) is 1.97. The van der Waals surface area contributed by atoms with Crippen LogP contribution < -0.4 is 5.46 Å². The van der Waals surface area contributed by atoms with Crippen LogP contribution in [0, 0.1) is 0 Å². The van der Waals surface area contributed by atoms with Gasteiger partial charge in [-0.1, -0.05) is 0 Å². The lowest BCUT2D eigenvalue weighted by Crippen LogP contribution is -2.41. The van der Waals surface area contributed by atoms with Gasteiger partial charge in [-0.15, -0.1) is 11.3 Å². The van der Waals surface area contributed by atoms with Crippen molar-refractivity contribution in [2.24, 2.45) is 0 Å². The zero-order valence-electron chi connectivity index (χ0n) is 13.7. The number of ketones is 1. The summed E-state index contributed by atoms with van der Waals surface area (Å²) in [5.74, 6) is -0.0103. The Kier molecular flexibility index (Phi) is 5.14. The first-order valence-electron chi connectivity index (χ1n) is 7.34. The lowest BCUT2D eigenvalue weighted by atomic mass is 9.81. The molecule has 1 aromatic rings. The molecule has 1 N–H and O–H groups in total. The molecule has 1 saturated heterocycles. The summed E-state index contributed by atoms with van der Waals surface area (Å²) in [6.07, 6.45) is -0.358. The van der Waals surface area contributed by atoms with Crippen molar-refractivity contribution in [3.63, 3.8) is 0 Å². The van der Waals surface area contributed by atoms with Gasteiger partial charge in [-0.3, -0.25) is 4.79 Å². The zero-order valence-corrected chi connectivity index (χ0v) is 14.5. The fraction of sp³-hybridized carbons (Fsp3) is 0.667. The maximum atomic E-state index is 12.1. The van der Waals surface area contributed by atoms with E-state index in [2.05, 4.69) is 0 Å². The van der Waals surface area contributed by atoms with E-state index in [0.717, 1.165) is 5.46 Å². The number of thiophene rings is 1. The molecule has 5 nitrogen and oxygen atoms in total. The molecule has 0 radical (unpaired) electrons. The molecule has 1 atom stereocenters. The van der Waals surface area contributed by atoms with E-state index in [1.54, 1.807) is 0 Å². The van der Waals surface area contributed by atoms with Gasteiger partial charge in [-0.25, -0.2) is 0 Å². The van der Waals surface area contributed by atoms with Gasteiger partial charge in [0, 0.05) is 20.0 Å². The van der Waals surface area contributed by atoms with Gasteiger partial charge in [0.2, 0.25) is 0 Å². The second-order valence-corrected chi connectivity index (χ2v) is 7.40. The second-order valence-electron chi connectivity index (χ2n) is 6.48. The van der Waals surface area contributed by atoms with Crippen molar-refractivity contribution >= 4 is 29.7 Å². The second kappa shape index (κ2) is 6.41. The molecule has 0 spiro atoms.